The third kappa shape index (κ3) is 3.40. The van der Waals surface area contributed by atoms with Crippen molar-refractivity contribution in [2.75, 3.05) is 5.73 Å². The summed E-state index contributed by atoms with van der Waals surface area (Å²) in [6, 6.07) is 0. The van der Waals surface area contributed by atoms with E-state index >= 15 is 0 Å². The fraction of sp³-hybridized carbons (Fsp3) is 0.667. The summed E-state index contributed by atoms with van der Waals surface area (Å²) in [6.45, 7) is 0. The quantitative estimate of drug-likeness (QED) is 0.656. The van der Waals surface area contributed by atoms with E-state index in [1.807, 2.05) is 0 Å². The van der Waals surface area contributed by atoms with Crippen molar-refractivity contribution in [1.82, 2.24) is 4.98 Å². The number of aliphatic carboxylic acids is 1. The summed E-state index contributed by atoms with van der Waals surface area (Å²) in [5, 5.41) is 15.1. The Kier molecular flexibility index (Phi) is 4.61. The second-order valence-electron chi connectivity index (χ2n) is 6.16. The molecule has 0 aliphatic heterocycles. The van der Waals surface area contributed by atoms with Crippen LogP contribution < -0.4 is 5.73 Å². The maximum atomic E-state index is 11.3. The highest BCUT2D eigenvalue weighted by Crippen LogP contribution is 2.41. The van der Waals surface area contributed by atoms with Crippen molar-refractivity contribution in [3.63, 3.8) is 0 Å². The predicted octanol–water partition coefficient (Wildman–Crippen LogP) is 2.89. The number of nitrogen functional groups attached to an aromatic ring is 1. The Morgan fingerprint density at radius 1 is 1.32 bits per heavy atom. The third-order valence-corrected chi connectivity index (χ3v) is 5.43. The molecule has 22 heavy (non-hydrogen) atoms. The Morgan fingerprint density at radius 2 is 2.09 bits per heavy atom. The van der Waals surface area contributed by atoms with Crippen LogP contribution in [0.25, 0.3) is 0 Å². The van der Waals surface area contributed by atoms with Crippen LogP contribution in [0.2, 0.25) is 0 Å². The molecule has 2 saturated carbocycles. The molecule has 2 aliphatic rings. The summed E-state index contributed by atoms with van der Waals surface area (Å²) < 4.78 is 0. The fourth-order valence-electron chi connectivity index (χ4n) is 3.65. The van der Waals surface area contributed by atoms with E-state index in [2.05, 4.69) is 10.1 Å². The van der Waals surface area contributed by atoms with Gasteiger partial charge in [-0.3, -0.25) is 0 Å². The molecule has 3 rings (SSSR count). The first kappa shape index (κ1) is 15.3. The van der Waals surface area contributed by atoms with Gasteiger partial charge >= 0.3 is 5.97 Å². The van der Waals surface area contributed by atoms with E-state index in [0.717, 1.165) is 25.2 Å². The molecule has 3 unspecified atom stereocenters. The normalized spacial score (nSPS) is 28.9. The van der Waals surface area contributed by atoms with Crippen LogP contribution in [0.1, 0.15) is 50.6 Å². The SMILES string of the molecule is Nc1nc(C(=NOC2CCC3CCCCC3C2)C(=O)O)cs1. The maximum absolute atomic E-state index is 11.3. The Morgan fingerprint density at radius 3 is 2.77 bits per heavy atom. The van der Waals surface area contributed by atoms with Gasteiger partial charge in [0, 0.05) is 5.38 Å². The molecular formula is C15H21N3O3S. The monoisotopic (exact) mass is 323 g/mol. The van der Waals surface area contributed by atoms with Gasteiger partial charge in [0.05, 0.1) is 0 Å². The Bertz CT molecular complexity index is 572. The summed E-state index contributed by atoms with van der Waals surface area (Å²) in [4.78, 5) is 20.8. The average Bonchev–Trinajstić information content (AvgIpc) is 2.93. The maximum Gasteiger partial charge on any atom is 0.360 e. The van der Waals surface area contributed by atoms with Crippen molar-refractivity contribution < 1.29 is 14.7 Å². The molecule has 7 heteroatoms. The molecule has 1 heterocycles. The molecule has 3 atom stereocenters. The van der Waals surface area contributed by atoms with Gasteiger partial charge < -0.3 is 15.7 Å². The summed E-state index contributed by atoms with van der Waals surface area (Å²) in [7, 11) is 0. The Balaban J connectivity index is 1.65. The van der Waals surface area contributed by atoms with Gasteiger partial charge in [-0.25, -0.2) is 9.78 Å². The Hall–Kier alpha value is -1.63. The van der Waals surface area contributed by atoms with E-state index < -0.39 is 5.97 Å². The van der Waals surface area contributed by atoms with Crippen molar-refractivity contribution >= 4 is 28.1 Å². The summed E-state index contributed by atoms with van der Waals surface area (Å²) in [5.41, 5.74) is 5.64. The number of nitrogens with zero attached hydrogens (tertiary/aromatic N) is 2. The van der Waals surface area contributed by atoms with Gasteiger partial charge in [-0.1, -0.05) is 30.8 Å². The van der Waals surface area contributed by atoms with Crippen LogP contribution >= 0.6 is 11.3 Å². The van der Waals surface area contributed by atoms with Gasteiger partial charge in [-0.2, -0.15) is 0 Å². The first-order valence-electron chi connectivity index (χ1n) is 7.82. The first-order chi connectivity index (χ1) is 10.6. The average molecular weight is 323 g/mol. The molecule has 0 amide bonds. The zero-order valence-corrected chi connectivity index (χ0v) is 13.2. The summed E-state index contributed by atoms with van der Waals surface area (Å²) in [6.07, 6.45) is 8.37. The molecule has 0 spiro atoms. The number of carbonyl (C=O) groups is 1. The van der Waals surface area contributed by atoms with E-state index in [0.29, 0.717) is 11.0 Å². The zero-order valence-electron chi connectivity index (χ0n) is 12.4. The number of fused-ring (bicyclic) bond motifs is 1. The minimum atomic E-state index is -1.14. The van der Waals surface area contributed by atoms with Gasteiger partial charge in [-0.05, 0) is 31.1 Å². The second kappa shape index (κ2) is 6.64. The van der Waals surface area contributed by atoms with E-state index in [4.69, 9.17) is 10.6 Å². The van der Waals surface area contributed by atoms with Gasteiger partial charge in [-0.15, -0.1) is 11.3 Å². The van der Waals surface area contributed by atoms with Gasteiger partial charge in [0.25, 0.3) is 0 Å². The number of hydrogen-bond acceptors (Lipinski definition) is 6. The number of carboxylic acids is 1. The lowest BCUT2D eigenvalue weighted by Gasteiger charge is -2.38. The lowest BCUT2D eigenvalue weighted by Crippen LogP contribution is -2.31. The van der Waals surface area contributed by atoms with Crippen molar-refractivity contribution in [3.05, 3.63) is 11.1 Å². The Labute approximate surface area is 133 Å². The molecule has 1 aromatic rings. The molecule has 0 radical (unpaired) electrons. The number of oxime groups is 1. The highest BCUT2D eigenvalue weighted by molar-refractivity contribution is 7.13. The third-order valence-electron chi connectivity index (χ3n) is 4.75. The van der Waals surface area contributed by atoms with E-state index in [1.165, 1.54) is 37.0 Å². The molecule has 6 nitrogen and oxygen atoms in total. The molecule has 2 aliphatic carbocycles. The topological polar surface area (TPSA) is 97.8 Å². The zero-order chi connectivity index (χ0) is 15.5. The smallest absolute Gasteiger partial charge is 0.360 e. The lowest BCUT2D eigenvalue weighted by molar-refractivity contribution is -0.129. The molecule has 3 N–H and O–H groups in total. The lowest BCUT2D eigenvalue weighted by atomic mass is 9.70. The summed E-state index contributed by atoms with van der Waals surface area (Å²) in [5.74, 6) is 0.400. The van der Waals surface area contributed by atoms with Crippen LogP contribution in [0.15, 0.2) is 10.5 Å². The molecule has 0 saturated heterocycles. The van der Waals surface area contributed by atoms with Crippen LogP contribution in [0.3, 0.4) is 0 Å². The molecule has 2 fully saturated rings. The van der Waals surface area contributed by atoms with Crippen LogP contribution in [0, 0.1) is 11.8 Å². The number of anilines is 1. The van der Waals surface area contributed by atoms with Gasteiger partial charge in [0.2, 0.25) is 5.71 Å². The van der Waals surface area contributed by atoms with E-state index in [-0.39, 0.29) is 17.5 Å². The summed E-state index contributed by atoms with van der Waals surface area (Å²) >= 11 is 1.19. The number of thiazole rings is 1. The van der Waals surface area contributed by atoms with Crippen molar-refractivity contribution in [2.24, 2.45) is 17.0 Å². The second-order valence-corrected chi connectivity index (χ2v) is 7.05. The predicted molar refractivity (Wildman–Crippen MR) is 84.9 cm³/mol. The molecule has 0 aromatic carbocycles. The molecule has 1 aromatic heterocycles. The highest BCUT2D eigenvalue weighted by Gasteiger charge is 2.33. The largest absolute Gasteiger partial charge is 0.476 e. The van der Waals surface area contributed by atoms with Crippen molar-refractivity contribution in [1.29, 1.82) is 0 Å². The van der Waals surface area contributed by atoms with Crippen LogP contribution in [0.5, 0.6) is 0 Å². The number of aromatic nitrogens is 1. The molecule has 120 valence electrons. The van der Waals surface area contributed by atoms with E-state index in [1.54, 1.807) is 5.38 Å². The number of nitrogens with two attached hydrogens (primary N) is 1. The minimum Gasteiger partial charge on any atom is -0.476 e. The van der Waals surface area contributed by atoms with Crippen LogP contribution in [-0.4, -0.2) is 27.9 Å². The van der Waals surface area contributed by atoms with Gasteiger partial charge in [0.15, 0.2) is 5.13 Å². The van der Waals surface area contributed by atoms with Crippen LogP contribution in [-0.2, 0) is 9.63 Å². The van der Waals surface area contributed by atoms with Crippen molar-refractivity contribution in [2.45, 2.75) is 51.0 Å². The molecule has 0 bridgehead atoms. The number of rotatable bonds is 4. The van der Waals surface area contributed by atoms with Crippen LogP contribution in [0.4, 0.5) is 5.13 Å². The standard InChI is InChI=1S/C15H21N3O3S/c16-15-17-12(8-22-15)13(14(19)20)18-21-11-6-5-9-3-1-2-4-10(9)7-11/h8-11H,1-7H2,(H2,16,17)(H,19,20). The fourth-order valence-corrected chi connectivity index (χ4v) is 4.19. The van der Waals surface area contributed by atoms with E-state index in [9.17, 15) is 9.90 Å². The minimum absolute atomic E-state index is 0.0182. The molecular weight excluding hydrogens is 302 g/mol. The van der Waals surface area contributed by atoms with Gasteiger partial charge in [0.1, 0.15) is 11.8 Å². The number of hydrogen-bond donors (Lipinski definition) is 2. The number of carboxylic acid groups (broad SMARTS) is 1. The first-order valence-corrected chi connectivity index (χ1v) is 8.70. The van der Waals surface area contributed by atoms with Crippen molar-refractivity contribution in [3.8, 4) is 0 Å². The highest BCUT2D eigenvalue weighted by atomic mass is 32.1.